The minimum Gasteiger partial charge on any atom is -0.441 e. The van der Waals surface area contributed by atoms with Crippen LogP contribution in [0.15, 0.2) is 53.9 Å². The second-order valence-electron chi connectivity index (χ2n) is 8.16. The average molecular weight is 559 g/mol. The van der Waals surface area contributed by atoms with E-state index in [1.165, 1.54) is 49.2 Å². The van der Waals surface area contributed by atoms with Crippen LogP contribution in [-0.2, 0) is 21.6 Å². The second kappa shape index (κ2) is 10.9. The normalized spacial score (nSPS) is 12.0. The smallest absolute Gasteiger partial charge is 0.413 e. The van der Waals surface area contributed by atoms with Crippen LogP contribution in [-0.4, -0.2) is 56.6 Å². The van der Waals surface area contributed by atoms with Crippen LogP contribution in [0, 0.1) is 11.8 Å². The van der Waals surface area contributed by atoms with Crippen molar-refractivity contribution in [2.24, 2.45) is 7.05 Å². The van der Waals surface area contributed by atoms with Gasteiger partial charge in [0.1, 0.15) is 11.9 Å². The molecule has 0 saturated carbocycles. The van der Waals surface area contributed by atoms with Crippen molar-refractivity contribution in [3.8, 4) is 11.4 Å². The highest BCUT2D eigenvalue weighted by molar-refractivity contribution is 7.90. The summed E-state index contributed by atoms with van der Waals surface area (Å²) in [6.45, 7) is 1.35. The molecule has 0 unspecified atom stereocenters. The largest absolute Gasteiger partial charge is 0.441 e. The number of sulfone groups is 1. The Balaban J connectivity index is 1.46. The molecule has 0 aliphatic rings. The number of rotatable bonds is 7. The maximum absolute atomic E-state index is 13.9. The zero-order chi connectivity index (χ0) is 28.3. The zero-order valence-corrected chi connectivity index (χ0v) is 21.4. The Morgan fingerprint density at radius 3 is 2.51 bits per heavy atom. The quantitative estimate of drug-likeness (QED) is 0.321. The maximum Gasteiger partial charge on any atom is 0.413 e. The van der Waals surface area contributed by atoms with Gasteiger partial charge in [-0.3, -0.25) is 15.1 Å². The van der Waals surface area contributed by atoms with Crippen molar-refractivity contribution in [1.29, 1.82) is 0 Å². The molecule has 1 atom stereocenters. The Hall–Kier alpha value is -4.86. The molecule has 0 aliphatic heterocycles. The Morgan fingerprint density at radius 2 is 1.82 bits per heavy atom. The SMILES string of the molecule is C[C@@H](OC(=O)Nc1c(-c2ccc(NC(=O)c3ccnc(S(C)(=O)=O)c3)cn2)nnn1C)c1cc(F)cnc1F. The molecule has 0 fully saturated rings. The van der Waals surface area contributed by atoms with Gasteiger partial charge in [0.15, 0.2) is 26.4 Å². The lowest BCUT2D eigenvalue weighted by atomic mass is 10.2. The summed E-state index contributed by atoms with van der Waals surface area (Å²) in [5, 5.41) is 12.7. The van der Waals surface area contributed by atoms with Crippen LogP contribution in [0.2, 0.25) is 0 Å². The fraction of sp³-hybridized carbons (Fsp3) is 0.174. The summed E-state index contributed by atoms with van der Waals surface area (Å²) < 4.78 is 57.1. The first-order valence-electron chi connectivity index (χ1n) is 11.0. The van der Waals surface area contributed by atoms with E-state index in [9.17, 15) is 26.8 Å². The number of pyridine rings is 3. The molecule has 2 N–H and O–H groups in total. The molecule has 13 nitrogen and oxygen atoms in total. The van der Waals surface area contributed by atoms with Crippen LogP contribution in [0.5, 0.6) is 0 Å². The molecule has 4 aromatic heterocycles. The molecule has 16 heteroatoms. The summed E-state index contributed by atoms with van der Waals surface area (Å²) >= 11 is 0. The number of hydrogen-bond donors (Lipinski definition) is 2. The number of nitrogens with one attached hydrogen (secondary N) is 2. The van der Waals surface area contributed by atoms with E-state index in [2.05, 4.69) is 35.9 Å². The number of aromatic nitrogens is 6. The second-order valence-corrected chi connectivity index (χ2v) is 10.1. The first-order chi connectivity index (χ1) is 18.4. The summed E-state index contributed by atoms with van der Waals surface area (Å²) in [5.74, 6) is -2.25. The molecule has 0 aliphatic carbocycles. The Labute approximate surface area is 220 Å². The molecule has 4 heterocycles. The molecule has 0 bridgehead atoms. The summed E-state index contributed by atoms with van der Waals surface area (Å²) in [6, 6.07) is 6.41. The summed E-state index contributed by atoms with van der Waals surface area (Å²) in [5.41, 5.74) is 0.557. The topological polar surface area (TPSA) is 171 Å². The van der Waals surface area contributed by atoms with E-state index in [0.717, 1.165) is 18.4 Å². The summed E-state index contributed by atoms with van der Waals surface area (Å²) in [6.07, 6.45) is 2.07. The van der Waals surface area contributed by atoms with Crippen molar-refractivity contribution >= 4 is 33.3 Å². The van der Waals surface area contributed by atoms with E-state index >= 15 is 0 Å². The number of hydrogen-bond acceptors (Lipinski definition) is 10. The number of amides is 2. The molecule has 0 aromatic carbocycles. The monoisotopic (exact) mass is 558 g/mol. The van der Waals surface area contributed by atoms with E-state index in [1.807, 2.05) is 0 Å². The first kappa shape index (κ1) is 27.2. The van der Waals surface area contributed by atoms with Crippen LogP contribution in [0.4, 0.5) is 25.1 Å². The number of ether oxygens (including phenoxy) is 1. The predicted molar refractivity (Wildman–Crippen MR) is 132 cm³/mol. The summed E-state index contributed by atoms with van der Waals surface area (Å²) in [7, 11) is -2.10. The number of carbonyl (C=O) groups excluding carboxylic acids is 2. The molecule has 202 valence electrons. The lowest BCUT2D eigenvalue weighted by Crippen LogP contribution is -2.19. The minimum atomic E-state index is -3.60. The van der Waals surface area contributed by atoms with E-state index in [-0.39, 0.29) is 33.4 Å². The van der Waals surface area contributed by atoms with Crippen molar-refractivity contribution in [2.45, 2.75) is 18.1 Å². The highest BCUT2D eigenvalue weighted by Crippen LogP contribution is 2.26. The van der Waals surface area contributed by atoms with Crippen LogP contribution in [0.25, 0.3) is 11.4 Å². The standard InChI is InChI=1S/C23H20F2N8O5S/c1-12(16-9-14(24)10-28-20(16)25)38-23(35)30-21-19(31-32-33(21)2)17-5-4-15(11-27-17)29-22(34)13-6-7-26-18(8-13)39(3,36)37/h4-12H,1-3H3,(H,29,34)(H,30,35)/t12-/m1/s1. The molecular weight excluding hydrogens is 538 g/mol. The lowest BCUT2D eigenvalue weighted by Gasteiger charge is -2.15. The Kier molecular flexibility index (Phi) is 7.57. The minimum absolute atomic E-state index is 0.0801. The number of halogens is 2. The zero-order valence-electron chi connectivity index (χ0n) is 20.6. The number of nitrogens with zero attached hydrogens (tertiary/aromatic N) is 6. The molecule has 0 radical (unpaired) electrons. The molecule has 4 aromatic rings. The van der Waals surface area contributed by atoms with Crippen LogP contribution >= 0.6 is 0 Å². The van der Waals surface area contributed by atoms with Crippen LogP contribution in [0.3, 0.4) is 0 Å². The van der Waals surface area contributed by atoms with E-state index < -0.39 is 39.7 Å². The number of carbonyl (C=O) groups is 2. The van der Waals surface area contributed by atoms with Gasteiger partial charge in [-0.05, 0) is 37.3 Å². The third-order valence-electron chi connectivity index (χ3n) is 5.24. The fourth-order valence-electron chi connectivity index (χ4n) is 3.31. The van der Waals surface area contributed by atoms with Crippen molar-refractivity contribution in [1.82, 2.24) is 29.9 Å². The van der Waals surface area contributed by atoms with Crippen molar-refractivity contribution in [2.75, 3.05) is 16.9 Å². The van der Waals surface area contributed by atoms with Crippen LogP contribution in [0.1, 0.15) is 28.9 Å². The first-order valence-corrected chi connectivity index (χ1v) is 12.9. The van der Waals surface area contributed by atoms with Gasteiger partial charge in [0.2, 0.25) is 5.95 Å². The molecular formula is C23H20F2N8O5S. The summed E-state index contributed by atoms with van der Waals surface area (Å²) in [4.78, 5) is 36.3. The van der Waals surface area contributed by atoms with Crippen molar-refractivity contribution < 1.29 is 31.5 Å². The molecule has 39 heavy (non-hydrogen) atoms. The van der Waals surface area contributed by atoms with Crippen LogP contribution < -0.4 is 10.6 Å². The lowest BCUT2D eigenvalue weighted by molar-refractivity contribution is 0.102. The Morgan fingerprint density at radius 1 is 1.05 bits per heavy atom. The third kappa shape index (κ3) is 6.35. The predicted octanol–water partition coefficient (Wildman–Crippen LogP) is 2.91. The highest BCUT2D eigenvalue weighted by Gasteiger charge is 2.22. The fourth-order valence-corrected chi connectivity index (χ4v) is 3.90. The molecule has 0 saturated heterocycles. The third-order valence-corrected chi connectivity index (χ3v) is 6.23. The van der Waals surface area contributed by atoms with Gasteiger partial charge in [-0.15, -0.1) is 5.10 Å². The van der Waals surface area contributed by atoms with E-state index in [0.29, 0.717) is 11.9 Å². The molecule has 0 spiro atoms. The number of aryl methyl sites for hydroxylation is 1. The molecule has 2 amide bonds. The highest BCUT2D eigenvalue weighted by atomic mass is 32.2. The molecule has 4 rings (SSSR count). The van der Waals surface area contributed by atoms with Gasteiger partial charge >= 0.3 is 6.09 Å². The maximum atomic E-state index is 13.9. The van der Waals surface area contributed by atoms with Gasteiger partial charge in [0, 0.05) is 25.1 Å². The Bertz CT molecular complexity index is 1660. The van der Waals surface area contributed by atoms with Gasteiger partial charge in [0.25, 0.3) is 5.91 Å². The average Bonchev–Trinajstić information content (AvgIpc) is 3.25. The van der Waals surface area contributed by atoms with Gasteiger partial charge < -0.3 is 10.1 Å². The van der Waals surface area contributed by atoms with E-state index in [4.69, 9.17) is 4.74 Å². The van der Waals surface area contributed by atoms with E-state index in [1.54, 1.807) is 0 Å². The van der Waals surface area contributed by atoms with Gasteiger partial charge in [-0.25, -0.2) is 32.3 Å². The van der Waals surface area contributed by atoms with Gasteiger partial charge in [0.05, 0.1) is 29.3 Å². The number of anilines is 2. The van der Waals surface area contributed by atoms with Crippen molar-refractivity contribution in [3.05, 3.63) is 71.8 Å². The van der Waals surface area contributed by atoms with Crippen molar-refractivity contribution in [3.63, 3.8) is 0 Å². The van der Waals surface area contributed by atoms with Gasteiger partial charge in [-0.2, -0.15) is 4.39 Å². The van der Waals surface area contributed by atoms with Gasteiger partial charge in [-0.1, -0.05) is 5.21 Å².